The second kappa shape index (κ2) is 15.5. The summed E-state index contributed by atoms with van der Waals surface area (Å²) < 4.78 is 19.8. The van der Waals surface area contributed by atoms with Gasteiger partial charge in [-0.1, -0.05) is 87.5 Å². The zero-order valence-corrected chi connectivity index (χ0v) is 37.1. The molecule has 5 aromatic carbocycles. The fraction of sp³-hybridized carbons (Fsp3) is 0.373. The Morgan fingerprint density at radius 2 is 1.38 bits per heavy atom. The largest absolute Gasteiger partial charge is 0.482 e. The van der Waals surface area contributed by atoms with Crippen molar-refractivity contribution in [3.8, 4) is 11.5 Å². The van der Waals surface area contributed by atoms with Crippen LogP contribution in [0.3, 0.4) is 0 Å². The number of Topliss-reactive ketones (excluding diaryl/α,β-unsaturated/α-hetero) is 1. The van der Waals surface area contributed by atoms with Crippen molar-refractivity contribution in [1.82, 2.24) is 0 Å². The van der Waals surface area contributed by atoms with Crippen molar-refractivity contribution < 1.29 is 33.6 Å². The first-order valence-corrected chi connectivity index (χ1v) is 21.9. The van der Waals surface area contributed by atoms with E-state index in [0.717, 1.165) is 40.0 Å². The third-order valence-corrected chi connectivity index (χ3v) is 14.4. The number of nitrogens with zero attached hydrogens (tertiary/aromatic N) is 4. The summed E-state index contributed by atoms with van der Waals surface area (Å²) in [5.41, 5.74) is 6.71. The van der Waals surface area contributed by atoms with Crippen LogP contribution in [0, 0.1) is 20.2 Å². The molecule has 5 aromatic rings. The van der Waals surface area contributed by atoms with E-state index >= 15 is 0 Å². The van der Waals surface area contributed by atoms with Crippen LogP contribution in [-0.4, -0.2) is 39.5 Å². The summed E-state index contributed by atoms with van der Waals surface area (Å²) in [7, 11) is 0. The number of rotatable bonds is 11. The predicted octanol–water partition coefficient (Wildman–Crippen LogP) is 9.78. The van der Waals surface area contributed by atoms with Gasteiger partial charge in [0.2, 0.25) is 0 Å². The van der Waals surface area contributed by atoms with Crippen molar-refractivity contribution in [1.29, 1.82) is 0 Å². The molecule has 330 valence electrons. The van der Waals surface area contributed by atoms with Gasteiger partial charge >= 0.3 is 5.97 Å². The summed E-state index contributed by atoms with van der Waals surface area (Å²) in [6.45, 7) is 13.3. The smallest absolute Gasteiger partial charge is 0.313 e. The Balaban J connectivity index is 1.04. The van der Waals surface area contributed by atoms with Crippen molar-refractivity contribution in [2.45, 2.75) is 115 Å². The van der Waals surface area contributed by atoms with E-state index in [4.69, 9.17) is 14.2 Å². The quantitative estimate of drug-likeness (QED) is 0.0539. The molecule has 3 aliphatic heterocycles. The molecule has 0 fully saturated rings. The van der Waals surface area contributed by atoms with Crippen LogP contribution in [0.5, 0.6) is 11.5 Å². The van der Waals surface area contributed by atoms with Crippen LogP contribution in [0.25, 0.3) is 0 Å². The van der Waals surface area contributed by atoms with Crippen molar-refractivity contribution >= 4 is 34.5 Å². The monoisotopic (exact) mass is 864 g/mol. The molecule has 1 aliphatic carbocycles. The number of nitro groups is 2. The SMILES string of the molecule is CCc1cc([N+](=O)[O-])cc2c1OC1(Cc3ccccc3C1(C)C)CN2Cc1ccc(CN2c3ccccc3C(C)(C)C23CCc2cc([N+](=O)[O-])cc(COC(=O)CC(C)=O)c2O3)cc1. The second-order valence-electron chi connectivity index (χ2n) is 18.8. The van der Waals surface area contributed by atoms with E-state index in [1.807, 2.05) is 19.1 Å². The lowest BCUT2D eigenvalue weighted by molar-refractivity contribution is -0.385. The molecule has 0 bridgehead atoms. The Hall–Kier alpha value is -6.76. The average molecular weight is 865 g/mol. The lowest BCUT2D eigenvalue weighted by atomic mass is 9.73. The van der Waals surface area contributed by atoms with E-state index in [1.54, 1.807) is 12.1 Å². The van der Waals surface area contributed by atoms with Crippen LogP contribution in [-0.2, 0) is 64.1 Å². The molecule has 0 radical (unpaired) electrons. The summed E-state index contributed by atoms with van der Waals surface area (Å²) in [6.07, 6.45) is 1.90. The molecule has 0 aromatic heterocycles. The number of carbonyl (C=O) groups is 2. The van der Waals surface area contributed by atoms with Gasteiger partial charge in [0.15, 0.2) is 5.72 Å². The van der Waals surface area contributed by atoms with E-state index in [1.165, 1.54) is 30.2 Å². The molecule has 0 saturated heterocycles. The van der Waals surface area contributed by atoms with Crippen LogP contribution >= 0.6 is 0 Å². The molecule has 3 heterocycles. The van der Waals surface area contributed by atoms with Gasteiger partial charge in [-0.05, 0) is 67.5 Å². The maximum Gasteiger partial charge on any atom is 0.313 e. The van der Waals surface area contributed by atoms with E-state index < -0.39 is 34.1 Å². The molecule has 0 saturated carbocycles. The molecule has 0 N–H and O–H groups in total. The number of hydrogen-bond acceptors (Lipinski definition) is 11. The highest BCUT2D eigenvalue weighted by molar-refractivity contribution is 5.94. The number of non-ortho nitro benzene ring substituents is 2. The molecule has 9 rings (SSSR count). The molecule has 2 atom stereocenters. The number of para-hydroxylation sites is 1. The van der Waals surface area contributed by atoms with Gasteiger partial charge in [-0.15, -0.1) is 0 Å². The van der Waals surface area contributed by atoms with Crippen molar-refractivity contribution in [2.24, 2.45) is 0 Å². The van der Waals surface area contributed by atoms with E-state index in [-0.39, 0.29) is 34.1 Å². The fourth-order valence-electron chi connectivity index (χ4n) is 10.8. The minimum Gasteiger partial charge on any atom is -0.482 e. The molecule has 13 heteroatoms. The third-order valence-electron chi connectivity index (χ3n) is 14.4. The Morgan fingerprint density at radius 1 is 0.734 bits per heavy atom. The van der Waals surface area contributed by atoms with Gasteiger partial charge in [-0.3, -0.25) is 29.8 Å². The summed E-state index contributed by atoms with van der Waals surface area (Å²) in [4.78, 5) is 52.1. The molecule has 4 aliphatic rings. The lowest BCUT2D eigenvalue weighted by Gasteiger charge is -2.50. The number of ketones is 1. The van der Waals surface area contributed by atoms with Crippen molar-refractivity contribution in [3.05, 3.63) is 162 Å². The van der Waals surface area contributed by atoms with Gasteiger partial charge in [0.25, 0.3) is 11.4 Å². The number of aryl methyl sites for hydroxylation is 2. The Kier molecular flexibility index (Phi) is 10.3. The summed E-state index contributed by atoms with van der Waals surface area (Å²) in [5.74, 6) is 0.0940. The van der Waals surface area contributed by atoms with Gasteiger partial charge in [0.1, 0.15) is 35.9 Å². The zero-order valence-electron chi connectivity index (χ0n) is 37.1. The highest BCUT2D eigenvalue weighted by atomic mass is 16.6. The van der Waals surface area contributed by atoms with Crippen LogP contribution in [0.1, 0.15) is 98.9 Å². The molecule has 13 nitrogen and oxygen atoms in total. The normalized spacial score (nSPS) is 20.7. The van der Waals surface area contributed by atoms with Crippen molar-refractivity contribution in [3.63, 3.8) is 0 Å². The highest BCUT2D eigenvalue weighted by Gasteiger charge is 2.61. The molecular formula is C51H52N4O9. The van der Waals surface area contributed by atoms with Crippen LogP contribution < -0.4 is 19.3 Å². The third kappa shape index (κ3) is 6.83. The molecular weight excluding hydrogens is 813 g/mol. The van der Waals surface area contributed by atoms with Crippen LogP contribution in [0.15, 0.2) is 97.1 Å². The maximum absolute atomic E-state index is 12.5. The minimum atomic E-state index is -0.931. The highest BCUT2D eigenvalue weighted by Crippen LogP contribution is 2.58. The lowest BCUT2D eigenvalue weighted by Crippen LogP contribution is -2.61. The number of esters is 1. The topological polar surface area (TPSA) is 155 Å². The van der Waals surface area contributed by atoms with Gasteiger partial charge in [0, 0.05) is 78.0 Å². The van der Waals surface area contributed by atoms with Crippen LogP contribution in [0.4, 0.5) is 22.7 Å². The van der Waals surface area contributed by atoms with Gasteiger partial charge in [-0.25, -0.2) is 0 Å². The number of fused-ring (bicyclic) bond motifs is 4. The number of carbonyl (C=O) groups excluding carboxylic acids is 2. The first-order valence-electron chi connectivity index (χ1n) is 21.9. The molecule has 0 amide bonds. The molecule has 2 unspecified atom stereocenters. The second-order valence-corrected chi connectivity index (χ2v) is 18.8. The summed E-state index contributed by atoms with van der Waals surface area (Å²) >= 11 is 0. The predicted molar refractivity (Wildman–Crippen MR) is 242 cm³/mol. The molecule has 2 spiro atoms. The Labute approximate surface area is 372 Å². The number of nitro benzene ring substituents is 2. The Morgan fingerprint density at radius 3 is 2.05 bits per heavy atom. The van der Waals surface area contributed by atoms with Gasteiger partial charge in [0.05, 0.1) is 27.5 Å². The Bertz CT molecular complexity index is 2750. The first-order chi connectivity index (χ1) is 30.5. The van der Waals surface area contributed by atoms with Crippen LogP contribution in [0.2, 0.25) is 0 Å². The standard InChI is InChI=1S/C51H52N4O9/c1-7-35-23-40(55(60)61)26-44-47(35)63-50(27-37-12-8-9-13-41(37)48(50,3)4)31-52(44)28-33-16-18-34(19-17-33)29-53-43-15-11-10-14-42(43)49(5,6)51(53)21-20-36-24-39(54(58)59)25-38(46(36)64-51)30-62-45(57)22-32(2)56/h8-19,23-26H,7,20-22,27-31H2,1-6H3. The summed E-state index contributed by atoms with van der Waals surface area (Å²) in [5, 5.41) is 24.2. The van der Waals surface area contributed by atoms with E-state index in [0.29, 0.717) is 61.5 Å². The molecule has 64 heavy (non-hydrogen) atoms. The fourth-order valence-corrected chi connectivity index (χ4v) is 10.8. The van der Waals surface area contributed by atoms with Gasteiger partial charge in [-0.2, -0.15) is 0 Å². The zero-order chi connectivity index (χ0) is 45.3. The average Bonchev–Trinajstić information content (AvgIpc) is 3.58. The van der Waals surface area contributed by atoms with E-state index in [9.17, 15) is 29.8 Å². The number of anilines is 2. The maximum atomic E-state index is 12.5. The number of benzene rings is 5. The van der Waals surface area contributed by atoms with Gasteiger partial charge < -0.3 is 24.0 Å². The minimum absolute atomic E-state index is 0.0408. The van der Waals surface area contributed by atoms with Crippen molar-refractivity contribution in [2.75, 3.05) is 16.3 Å². The number of hydrogen-bond donors (Lipinski definition) is 0. The van der Waals surface area contributed by atoms with E-state index in [2.05, 4.69) is 98.2 Å². The first kappa shape index (κ1) is 42.5. The summed E-state index contributed by atoms with van der Waals surface area (Å²) in [6, 6.07) is 31.4. The number of ether oxygens (including phenoxy) is 3.